The first kappa shape index (κ1) is 10.7. The van der Waals surface area contributed by atoms with Gasteiger partial charge in [0, 0.05) is 17.2 Å². The van der Waals surface area contributed by atoms with E-state index >= 15 is 0 Å². The molecule has 0 unspecified atom stereocenters. The molecule has 2 aromatic rings. The van der Waals surface area contributed by atoms with Gasteiger partial charge in [0.2, 0.25) is 0 Å². The standard InChI is InChI=1S/C16H14O3/c1-9-2-4-11-13-8-18-14-7-10(17)3-5-12(14)16(13)19-15(11)6-9/h2-7,13,16-17H,8H2,1H3/t13-,16-/m1/s1. The second kappa shape index (κ2) is 3.67. The number of hydrogen-bond donors (Lipinski definition) is 1. The summed E-state index contributed by atoms with van der Waals surface area (Å²) in [5, 5.41) is 9.52. The summed E-state index contributed by atoms with van der Waals surface area (Å²) in [6.45, 7) is 2.66. The van der Waals surface area contributed by atoms with Gasteiger partial charge in [0.05, 0.1) is 12.5 Å². The van der Waals surface area contributed by atoms with Gasteiger partial charge in [0.15, 0.2) is 0 Å². The van der Waals surface area contributed by atoms with Crippen molar-refractivity contribution in [3.63, 3.8) is 0 Å². The zero-order valence-electron chi connectivity index (χ0n) is 10.6. The molecule has 3 heteroatoms. The van der Waals surface area contributed by atoms with Gasteiger partial charge in [0.1, 0.15) is 23.4 Å². The molecule has 96 valence electrons. The highest BCUT2D eigenvalue weighted by atomic mass is 16.5. The Hall–Kier alpha value is -2.16. The number of hydrogen-bond acceptors (Lipinski definition) is 3. The summed E-state index contributed by atoms with van der Waals surface area (Å²) in [5.41, 5.74) is 3.43. The van der Waals surface area contributed by atoms with Crippen molar-refractivity contribution in [2.24, 2.45) is 0 Å². The minimum Gasteiger partial charge on any atom is -0.508 e. The molecule has 2 atom stereocenters. The van der Waals surface area contributed by atoms with Crippen LogP contribution in [0.4, 0.5) is 0 Å². The first-order valence-electron chi connectivity index (χ1n) is 6.45. The molecule has 2 aromatic carbocycles. The minimum atomic E-state index is 0.00106. The Morgan fingerprint density at radius 3 is 2.79 bits per heavy atom. The Balaban J connectivity index is 1.81. The molecular formula is C16H14O3. The van der Waals surface area contributed by atoms with Crippen LogP contribution in [0, 0.1) is 6.92 Å². The first-order valence-corrected chi connectivity index (χ1v) is 6.45. The Kier molecular flexibility index (Phi) is 2.07. The van der Waals surface area contributed by atoms with Crippen molar-refractivity contribution in [2.75, 3.05) is 6.61 Å². The number of aryl methyl sites for hydroxylation is 1. The average molecular weight is 254 g/mol. The van der Waals surface area contributed by atoms with E-state index in [-0.39, 0.29) is 17.8 Å². The van der Waals surface area contributed by atoms with Crippen LogP contribution in [0.2, 0.25) is 0 Å². The van der Waals surface area contributed by atoms with Crippen LogP contribution in [0.5, 0.6) is 17.2 Å². The third-order valence-corrected chi connectivity index (χ3v) is 3.91. The molecule has 0 saturated heterocycles. The maximum Gasteiger partial charge on any atom is 0.138 e. The predicted molar refractivity (Wildman–Crippen MR) is 70.9 cm³/mol. The Morgan fingerprint density at radius 2 is 1.89 bits per heavy atom. The molecule has 0 aliphatic carbocycles. The maximum atomic E-state index is 9.52. The summed E-state index contributed by atoms with van der Waals surface area (Å²) in [4.78, 5) is 0. The fraction of sp³-hybridized carbons (Fsp3) is 0.250. The highest BCUT2D eigenvalue weighted by Gasteiger charge is 2.40. The lowest BCUT2D eigenvalue weighted by Crippen LogP contribution is -2.22. The second-order valence-corrected chi connectivity index (χ2v) is 5.22. The van der Waals surface area contributed by atoms with Gasteiger partial charge >= 0.3 is 0 Å². The largest absolute Gasteiger partial charge is 0.508 e. The van der Waals surface area contributed by atoms with Crippen LogP contribution in [0.1, 0.15) is 28.7 Å². The highest BCUT2D eigenvalue weighted by Crippen LogP contribution is 2.51. The maximum absolute atomic E-state index is 9.52. The van der Waals surface area contributed by atoms with Crippen LogP contribution in [-0.2, 0) is 0 Å². The quantitative estimate of drug-likeness (QED) is 0.784. The summed E-state index contributed by atoms with van der Waals surface area (Å²) in [5.74, 6) is 2.15. The van der Waals surface area contributed by atoms with E-state index in [1.807, 2.05) is 6.07 Å². The molecule has 0 bridgehead atoms. The third kappa shape index (κ3) is 1.51. The van der Waals surface area contributed by atoms with E-state index < -0.39 is 0 Å². The van der Waals surface area contributed by atoms with Gasteiger partial charge < -0.3 is 14.6 Å². The summed E-state index contributed by atoms with van der Waals surface area (Å²) in [6.07, 6.45) is 0.00106. The van der Waals surface area contributed by atoms with E-state index in [1.165, 1.54) is 11.1 Å². The smallest absolute Gasteiger partial charge is 0.138 e. The van der Waals surface area contributed by atoms with Gasteiger partial charge in [-0.1, -0.05) is 12.1 Å². The van der Waals surface area contributed by atoms with Crippen LogP contribution in [0.15, 0.2) is 36.4 Å². The molecule has 0 fully saturated rings. The molecule has 2 aliphatic heterocycles. The number of rotatable bonds is 0. The summed E-state index contributed by atoms with van der Waals surface area (Å²) >= 11 is 0. The van der Waals surface area contributed by atoms with E-state index in [2.05, 4.69) is 25.1 Å². The van der Waals surface area contributed by atoms with Crippen molar-refractivity contribution < 1.29 is 14.6 Å². The van der Waals surface area contributed by atoms with Gasteiger partial charge in [-0.05, 0) is 30.7 Å². The average Bonchev–Trinajstić information content (AvgIpc) is 2.75. The third-order valence-electron chi connectivity index (χ3n) is 3.91. The minimum absolute atomic E-state index is 0.00106. The molecule has 19 heavy (non-hydrogen) atoms. The van der Waals surface area contributed by atoms with Crippen LogP contribution < -0.4 is 9.47 Å². The molecule has 2 aliphatic rings. The molecule has 0 amide bonds. The Bertz CT molecular complexity index is 663. The van der Waals surface area contributed by atoms with E-state index in [4.69, 9.17) is 9.47 Å². The van der Waals surface area contributed by atoms with Crippen LogP contribution in [0.3, 0.4) is 0 Å². The van der Waals surface area contributed by atoms with E-state index in [0.717, 1.165) is 17.1 Å². The van der Waals surface area contributed by atoms with Crippen molar-refractivity contribution in [1.82, 2.24) is 0 Å². The van der Waals surface area contributed by atoms with Gasteiger partial charge in [-0.2, -0.15) is 0 Å². The van der Waals surface area contributed by atoms with Gasteiger partial charge in [-0.15, -0.1) is 0 Å². The number of phenols is 1. The molecule has 0 saturated carbocycles. The Morgan fingerprint density at radius 1 is 1.05 bits per heavy atom. The molecule has 0 radical (unpaired) electrons. The molecule has 3 nitrogen and oxygen atoms in total. The molecule has 0 aromatic heterocycles. The van der Waals surface area contributed by atoms with E-state index in [9.17, 15) is 5.11 Å². The number of ether oxygens (including phenoxy) is 2. The second-order valence-electron chi connectivity index (χ2n) is 5.22. The molecule has 2 heterocycles. The predicted octanol–water partition coefficient (Wildman–Crippen LogP) is 3.31. The van der Waals surface area contributed by atoms with Crippen molar-refractivity contribution in [1.29, 1.82) is 0 Å². The van der Waals surface area contributed by atoms with Crippen LogP contribution >= 0.6 is 0 Å². The topological polar surface area (TPSA) is 38.7 Å². The normalized spacial score (nSPS) is 22.8. The van der Waals surface area contributed by atoms with Crippen LogP contribution in [-0.4, -0.2) is 11.7 Å². The number of benzene rings is 2. The van der Waals surface area contributed by atoms with E-state index in [1.54, 1.807) is 12.1 Å². The lowest BCUT2D eigenvalue weighted by molar-refractivity contribution is 0.139. The van der Waals surface area contributed by atoms with Crippen molar-refractivity contribution in [3.8, 4) is 17.2 Å². The van der Waals surface area contributed by atoms with Gasteiger partial charge in [0.25, 0.3) is 0 Å². The van der Waals surface area contributed by atoms with Crippen molar-refractivity contribution >= 4 is 0 Å². The molecule has 4 rings (SSSR count). The monoisotopic (exact) mass is 254 g/mol. The first-order chi connectivity index (χ1) is 9.22. The number of aromatic hydroxyl groups is 1. The van der Waals surface area contributed by atoms with Gasteiger partial charge in [-0.3, -0.25) is 0 Å². The summed E-state index contributed by atoms with van der Waals surface area (Å²) in [6, 6.07) is 11.5. The number of fused-ring (bicyclic) bond motifs is 5. The number of phenolic OH excluding ortho intramolecular Hbond substituents is 1. The SMILES string of the molecule is Cc1ccc2c(c1)O[C@@H]1c3ccc(O)cc3OC[C@H]21. The summed E-state index contributed by atoms with van der Waals surface area (Å²) in [7, 11) is 0. The summed E-state index contributed by atoms with van der Waals surface area (Å²) < 4.78 is 11.9. The molecular weight excluding hydrogens is 240 g/mol. The Labute approximate surface area is 111 Å². The zero-order valence-corrected chi connectivity index (χ0v) is 10.6. The lowest BCUT2D eigenvalue weighted by Gasteiger charge is -2.27. The highest BCUT2D eigenvalue weighted by molar-refractivity contribution is 5.51. The van der Waals surface area contributed by atoms with Gasteiger partial charge in [-0.25, -0.2) is 0 Å². The van der Waals surface area contributed by atoms with E-state index in [0.29, 0.717) is 6.61 Å². The molecule has 1 N–H and O–H groups in total. The fourth-order valence-electron chi connectivity index (χ4n) is 2.95. The van der Waals surface area contributed by atoms with Crippen LogP contribution in [0.25, 0.3) is 0 Å². The molecule has 0 spiro atoms. The lowest BCUT2D eigenvalue weighted by atomic mass is 9.89. The van der Waals surface area contributed by atoms with Crippen molar-refractivity contribution in [2.45, 2.75) is 18.9 Å². The fourth-order valence-corrected chi connectivity index (χ4v) is 2.95. The zero-order chi connectivity index (χ0) is 13.0. The van der Waals surface area contributed by atoms with Crippen molar-refractivity contribution in [3.05, 3.63) is 53.1 Å².